The minimum absolute atomic E-state index is 0.105. The van der Waals surface area contributed by atoms with Gasteiger partial charge in [-0.3, -0.25) is 4.99 Å². The van der Waals surface area contributed by atoms with Crippen LogP contribution in [-0.2, 0) is 6.18 Å². The quantitative estimate of drug-likeness (QED) is 0.382. The van der Waals surface area contributed by atoms with Crippen LogP contribution in [0.1, 0.15) is 5.69 Å². The summed E-state index contributed by atoms with van der Waals surface area (Å²) >= 11 is 0. The Kier molecular flexibility index (Phi) is 6.63. The lowest BCUT2D eigenvalue weighted by Crippen LogP contribution is -2.24. The summed E-state index contributed by atoms with van der Waals surface area (Å²) in [6, 6.07) is 5.93. The number of nitrogens with one attached hydrogen (secondary N) is 2. The summed E-state index contributed by atoms with van der Waals surface area (Å²) < 4.78 is 48.2. The number of hydrogen-bond acceptors (Lipinski definition) is 6. The fourth-order valence-corrected chi connectivity index (χ4v) is 2.04. The number of anilines is 2. The van der Waals surface area contributed by atoms with Gasteiger partial charge in [-0.2, -0.15) is 13.2 Å². The summed E-state index contributed by atoms with van der Waals surface area (Å²) in [5.74, 6) is 1.12. The van der Waals surface area contributed by atoms with Gasteiger partial charge in [-0.05, 0) is 18.2 Å². The zero-order chi connectivity index (χ0) is 19.9. The maximum Gasteiger partial charge on any atom is 0.433 e. The summed E-state index contributed by atoms with van der Waals surface area (Å²) in [7, 11) is 3.05. The molecule has 0 fully saturated rings. The molecule has 0 aliphatic rings. The molecule has 1 aromatic carbocycles. The molecule has 4 N–H and O–H groups in total. The number of ether oxygens (including phenoxy) is 2. The molecule has 1 heterocycles. The number of aromatic nitrogens is 2. The smallest absolute Gasteiger partial charge is 0.433 e. The molecule has 0 amide bonds. The highest BCUT2D eigenvalue weighted by Gasteiger charge is 2.32. The van der Waals surface area contributed by atoms with E-state index in [1.165, 1.54) is 14.2 Å². The van der Waals surface area contributed by atoms with Crippen LogP contribution in [0, 0.1) is 0 Å². The normalized spacial score (nSPS) is 11.8. The lowest BCUT2D eigenvalue weighted by atomic mass is 10.2. The van der Waals surface area contributed by atoms with Gasteiger partial charge in [0.1, 0.15) is 17.2 Å². The zero-order valence-corrected chi connectivity index (χ0v) is 14.7. The number of halogens is 3. The molecule has 0 radical (unpaired) electrons. The Balaban J connectivity index is 1.92. The van der Waals surface area contributed by atoms with Crippen molar-refractivity contribution in [3.63, 3.8) is 0 Å². The molecule has 27 heavy (non-hydrogen) atoms. The second-order valence-electron chi connectivity index (χ2n) is 5.15. The minimum atomic E-state index is -4.53. The van der Waals surface area contributed by atoms with Crippen molar-refractivity contribution in [1.82, 2.24) is 9.97 Å². The van der Waals surface area contributed by atoms with Gasteiger partial charge in [-0.25, -0.2) is 9.97 Å². The van der Waals surface area contributed by atoms with Gasteiger partial charge in [0, 0.05) is 18.8 Å². The Morgan fingerprint density at radius 1 is 1.22 bits per heavy atom. The summed E-state index contributed by atoms with van der Waals surface area (Å²) in [4.78, 5) is 11.2. The maximum atomic E-state index is 12.6. The van der Waals surface area contributed by atoms with Crippen LogP contribution >= 0.6 is 0 Å². The van der Waals surface area contributed by atoms with Crippen molar-refractivity contribution in [2.75, 3.05) is 37.9 Å². The van der Waals surface area contributed by atoms with Crippen LogP contribution in [-0.4, -0.2) is 43.2 Å². The van der Waals surface area contributed by atoms with Gasteiger partial charge in [-0.15, -0.1) is 0 Å². The first-order valence-electron chi connectivity index (χ1n) is 7.76. The lowest BCUT2D eigenvalue weighted by Gasteiger charge is -2.12. The molecule has 0 aliphatic carbocycles. The molecule has 0 unspecified atom stereocenters. The van der Waals surface area contributed by atoms with Gasteiger partial charge in [-0.1, -0.05) is 0 Å². The predicted molar refractivity (Wildman–Crippen MR) is 95.2 cm³/mol. The monoisotopic (exact) mass is 384 g/mol. The van der Waals surface area contributed by atoms with Crippen molar-refractivity contribution in [3.8, 4) is 11.5 Å². The average Bonchev–Trinajstić information content (AvgIpc) is 2.64. The Hall–Kier alpha value is -3.24. The summed E-state index contributed by atoms with van der Waals surface area (Å²) in [6.07, 6.45) is -3.49. The van der Waals surface area contributed by atoms with Crippen molar-refractivity contribution in [3.05, 3.63) is 36.2 Å². The van der Waals surface area contributed by atoms with Crippen LogP contribution in [0.15, 0.2) is 35.5 Å². The van der Waals surface area contributed by atoms with Gasteiger partial charge in [0.05, 0.1) is 26.5 Å². The number of alkyl halides is 3. The molecule has 0 atom stereocenters. The van der Waals surface area contributed by atoms with E-state index in [9.17, 15) is 13.2 Å². The SMILES string of the molecule is COc1ccc(OC)c(NC(N)=NCCNc2nccc(C(F)(F)F)n2)c1. The van der Waals surface area contributed by atoms with Gasteiger partial charge < -0.3 is 25.8 Å². The molecule has 0 aliphatic heterocycles. The van der Waals surface area contributed by atoms with Gasteiger partial charge in [0.25, 0.3) is 0 Å². The lowest BCUT2D eigenvalue weighted by molar-refractivity contribution is -0.141. The summed E-state index contributed by atoms with van der Waals surface area (Å²) in [5, 5.41) is 5.54. The van der Waals surface area contributed by atoms with Crippen molar-refractivity contribution in [2.45, 2.75) is 6.18 Å². The Labute approximate surface area is 153 Å². The van der Waals surface area contributed by atoms with Crippen molar-refractivity contribution in [1.29, 1.82) is 0 Å². The van der Waals surface area contributed by atoms with Crippen molar-refractivity contribution >= 4 is 17.6 Å². The van der Waals surface area contributed by atoms with Crippen molar-refractivity contribution in [2.24, 2.45) is 10.7 Å². The zero-order valence-electron chi connectivity index (χ0n) is 14.7. The molecular formula is C16H19F3N6O2. The molecule has 0 bridgehead atoms. The average molecular weight is 384 g/mol. The van der Waals surface area contributed by atoms with E-state index in [1.807, 2.05) is 0 Å². The second kappa shape index (κ2) is 8.92. The maximum absolute atomic E-state index is 12.6. The third-order valence-electron chi connectivity index (χ3n) is 3.29. The topological polar surface area (TPSA) is 107 Å². The van der Waals surface area contributed by atoms with Crippen LogP contribution in [0.3, 0.4) is 0 Å². The van der Waals surface area contributed by atoms with E-state index in [2.05, 4.69) is 25.6 Å². The highest BCUT2D eigenvalue weighted by molar-refractivity contribution is 5.94. The first-order chi connectivity index (χ1) is 12.8. The van der Waals surface area contributed by atoms with E-state index < -0.39 is 11.9 Å². The third kappa shape index (κ3) is 5.90. The van der Waals surface area contributed by atoms with E-state index in [0.717, 1.165) is 12.3 Å². The molecule has 8 nitrogen and oxygen atoms in total. The van der Waals surface area contributed by atoms with Crippen LogP contribution in [0.2, 0.25) is 0 Å². The van der Waals surface area contributed by atoms with Crippen molar-refractivity contribution < 1.29 is 22.6 Å². The van der Waals surface area contributed by atoms with E-state index in [0.29, 0.717) is 17.2 Å². The Morgan fingerprint density at radius 2 is 2.00 bits per heavy atom. The van der Waals surface area contributed by atoms with Gasteiger partial charge >= 0.3 is 6.18 Å². The molecule has 0 saturated heterocycles. The van der Waals surface area contributed by atoms with Gasteiger partial charge in [0.2, 0.25) is 5.95 Å². The number of rotatable bonds is 7. The Bertz CT molecular complexity index is 798. The fraction of sp³-hybridized carbons (Fsp3) is 0.312. The molecule has 146 valence electrons. The molecule has 1 aromatic heterocycles. The highest BCUT2D eigenvalue weighted by Crippen LogP contribution is 2.29. The third-order valence-corrected chi connectivity index (χ3v) is 3.29. The summed E-state index contributed by atoms with van der Waals surface area (Å²) in [5.41, 5.74) is 5.36. The van der Waals surface area contributed by atoms with E-state index in [1.54, 1.807) is 18.2 Å². The first-order valence-corrected chi connectivity index (χ1v) is 7.76. The Morgan fingerprint density at radius 3 is 2.67 bits per heavy atom. The molecule has 2 rings (SSSR count). The summed E-state index contributed by atoms with van der Waals surface area (Å²) in [6.45, 7) is 0.379. The molecule has 0 spiro atoms. The molecular weight excluding hydrogens is 365 g/mol. The number of benzene rings is 1. The molecule has 2 aromatic rings. The predicted octanol–water partition coefficient (Wildman–Crippen LogP) is 2.35. The molecule has 0 saturated carbocycles. The number of nitrogens with two attached hydrogens (primary N) is 1. The minimum Gasteiger partial charge on any atom is -0.497 e. The first kappa shape index (κ1) is 20.1. The standard InChI is InChI=1S/C16H19F3N6O2/c1-26-10-3-4-12(27-2)11(9-10)24-14(20)21-7-8-23-15-22-6-5-13(25-15)16(17,18)19/h3-6,9H,7-8H2,1-2H3,(H3,20,21,24)(H,22,23,25). The number of guanidine groups is 1. The largest absolute Gasteiger partial charge is 0.497 e. The van der Waals surface area contributed by atoms with Crippen LogP contribution in [0.5, 0.6) is 11.5 Å². The van der Waals surface area contributed by atoms with Crippen LogP contribution < -0.4 is 25.8 Å². The second-order valence-corrected chi connectivity index (χ2v) is 5.15. The van der Waals surface area contributed by atoms with E-state index in [4.69, 9.17) is 15.2 Å². The van der Waals surface area contributed by atoms with E-state index >= 15 is 0 Å². The number of aliphatic imine (C=N–C) groups is 1. The highest BCUT2D eigenvalue weighted by atomic mass is 19.4. The fourth-order valence-electron chi connectivity index (χ4n) is 2.04. The number of hydrogen-bond donors (Lipinski definition) is 3. The molecule has 11 heteroatoms. The van der Waals surface area contributed by atoms with Gasteiger partial charge in [0.15, 0.2) is 5.96 Å². The van der Waals surface area contributed by atoms with Crippen LogP contribution in [0.4, 0.5) is 24.8 Å². The number of methoxy groups -OCH3 is 2. The van der Waals surface area contributed by atoms with Crippen LogP contribution in [0.25, 0.3) is 0 Å². The van der Waals surface area contributed by atoms with E-state index in [-0.39, 0.29) is 25.0 Å². The number of nitrogens with zero attached hydrogens (tertiary/aromatic N) is 3.